The summed E-state index contributed by atoms with van der Waals surface area (Å²) >= 11 is 5.82. The maximum Gasteiger partial charge on any atom is 0.140 e. The highest BCUT2D eigenvalue weighted by molar-refractivity contribution is 6.30. The summed E-state index contributed by atoms with van der Waals surface area (Å²) < 4.78 is 0. The molecule has 0 N–H and O–H groups in total. The molecular weight excluding hydrogens is 208 g/mol. The van der Waals surface area contributed by atoms with E-state index in [1.165, 1.54) is 0 Å². The van der Waals surface area contributed by atoms with Crippen molar-refractivity contribution in [3.8, 4) is 0 Å². The van der Waals surface area contributed by atoms with E-state index in [1.54, 1.807) is 0 Å². The molecule has 0 saturated heterocycles. The first-order valence-corrected chi connectivity index (χ1v) is 5.72. The molecule has 1 atom stereocenters. The van der Waals surface area contributed by atoms with Crippen LogP contribution in [0.15, 0.2) is 24.3 Å². The fourth-order valence-electron chi connectivity index (χ4n) is 1.83. The second-order valence-electron chi connectivity index (χ2n) is 4.09. The van der Waals surface area contributed by atoms with Crippen molar-refractivity contribution in [1.29, 1.82) is 0 Å². The number of Topliss-reactive ketones (excluding diaryl/α,β-unsaturated/α-hetero) is 1. The summed E-state index contributed by atoms with van der Waals surface area (Å²) in [5, 5.41) is 0.713. The van der Waals surface area contributed by atoms with Crippen molar-refractivity contribution in [3.05, 3.63) is 34.9 Å². The van der Waals surface area contributed by atoms with Crippen LogP contribution in [0.25, 0.3) is 0 Å². The molecule has 0 aliphatic rings. The molecule has 0 fully saturated rings. The first-order chi connectivity index (χ1) is 7.06. The van der Waals surface area contributed by atoms with Crippen LogP contribution in [0.3, 0.4) is 0 Å². The number of ketones is 1. The van der Waals surface area contributed by atoms with Gasteiger partial charge in [-0.25, -0.2) is 0 Å². The fraction of sp³-hybridized carbons (Fsp3) is 0.462. The molecule has 0 bridgehead atoms. The lowest BCUT2D eigenvalue weighted by Crippen LogP contribution is -2.17. The summed E-state index contributed by atoms with van der Waals surface area (Å²) in [7, 11) is 0. The van der Waals surface area contributed by atoms with Gasteiger partial charge in [0.15, 0.2) is 0 Å². The first kappa shape index (κ1) is 12.3. The number of carbonyl (C=O) groups is 1. The van der Waals surface area contributed by atoms with Gasteiger partial charge in [0.05, 0.1) is 0 Å². The van der Waals surface area contributed by atoms with E-state index in [0.29, 0.717) is 23.1 Å². The van der Waals surface area contributed by atoms with E-state index in [0.717, 1.165) is 5.56 Å². The maximum absolute atomic E-state index is 11.8. The minimum atomic E-state index is 0.00673. The summed E-state index contributed by atoms with van der Waals surface area (Å²) in [5.41, 5.74) is 1.07. The number of halogens is 1. The Kier molecular flexibility index (Phi) is 4.34. The van der Waals surface area contributed by atoms with Gasteiger partial charge in [0.1, 0.15) is 5.78 Å². The van der Waals surface area contributed by atoms with Crippen LogP contribution in [0.5, 0.6) is 0 Å². The zero-order chi connectivity index (χ0) is 11.4. The molecule has 2 heteroatoms. The molecule has 0 amide bonds. The second-order valence-corrected chi connectivity index (χ2v) is 4.53. The smallest absolute Gasteiger partial charge is 0.140 e. The Morgan fingerprint density at radius 1 is 1.27 bits per heavy atom. The summed E-state index contributed by atoms with van der Waals surface area (Å²) in [4.78, 5) is 11.8. The average Bonchev–Trinajstić information content (AvgIpc) is 2.20. The topological polar surface area (TPSA) is 17.1 Å². The molecule has 0 spiro atoms. The Bertz CT molecular complexity index is 327. The normalized spacial score (nSPS) is 12.9. The van der Waals surface area contributed by atoms with Gasteiger partial charge < -0.3 is 0 Å². The number of hydrogen-bond acceptors (Lipinski definition) is 1. The predicted molar refractivity (Wildman–Crippen MR) is 64.3 cm³/mol. The van der Waals surface area contributed by atoms with Crippen LogP contribution in [-0.4, -0.2) is 5.78 Å². The van der Waals surface area contributed by atoms with Crippen molar-refractivity contribution in [3.63, 3.8) is 0 Å². The van der Waals surface area contributed by atoms with Crippen molar-refractivity contribution >= 4 is 17.4 Å². The van der Waals surface area contributed by atoms with Crippen molar-refractivity contribution < 1.29 is 4.79 Å². The highest BCUT2D eigenvalue weighted by Gasteiger charge is 2.22. The molecule has 15 heavy (non-hydrogen) atoms. The molecule has 1 rings (SSSR count). The number of carbonyl (C=O) groups excluding carboxylic acids is 1. The Balaban J connectivity index is 2.99. The van der Waals surface area contributed by atoms with Gasteiger partial charge >= 0.3 is 0 Å². The lowest BCUT2D eigenvalue weighted by Gasteiger charge is -2.19. The summed E-state index contributed by atoms with van der Waals surface area (Å²) in [5.74, 6) is 0.637. The zero-order valence-electron chi connectivity index (χ0n) is 9.46. The maximum atomic E-state index is 11.8. The van der Waals surface area contributed by atoms with E-state index in [1.807, 2.05) is 31.2 Å². The molecule has 0 aliphatic heterocycles. The predicted octanol–water partition coefficient (Wildman–Crippen LogP) is 4.06. The molecular formula is C13H17ClO. The van der Waals surface area contributed by atoms with Crippen LogP contribution >= 0.6 is 11.6 Å². The number of rotatable bonds is 4. The molecule has 1 unspecified atom stereocenters. The second kappa shape index (κ2) is 5.32. The molecule has 1 aromatic carbocycles. The molecule has 1 aromatic rings. The monoisotopic (exact) mass is 224 g/mol. The zero-order valence-corrected chi connectivity index (χ0v) is 10.2. The van der Waals surface area contributed by atoms with Crippen LogP contribution < -0.4 is 0 Å². The SMILES string of the molecule is CCC(=O)C(c1ccc(Cl)cc1)C(C)C. The Labute approximate surface area is 96.5 Å². The van der Waals surface area contributed by atoms with E-state index in [9.17, 15) is 4.79 Å². The van der Waals surface area contributed by atoms with Crippen molar-refractivity contribution in [2.24, 2.45) is 5.92 Å². The standard InChI is InChI=1S/C13H17ClO/c1-4-12(15)13(9(2)3)10-5-7-11(14)8-6-10/h5-9,13H,4H2,1-3H3. The Hall–Kier alpha value is -0.820. The summed E-state index contributed by atoms with van der Waals surface area (Å²) in [6.07, 6.45) is 0.589. The van der Waals surface area contributed by atoms with Gasteiger partial charge in [-0.1, -0.05) is 44.5 Å². The van der Waals surface area contributed by atoms with E-state index in [4.69, 9.17) is 11.6 Å². The van der Waals surface area contributed by atoms with Gasteiger partial charge in [0, 0.05) is 17.4 Å². The average molecular weight is 225 g/mol. The Morgan fingerprint density at radius 2 is 1.80 bits per heavy atom. The van der Waals surface area contributed by atoms with Crippen molar-refractivity contribution in [1.82, 2.24) is 0 Å². The van der Waals surface area contributed by atoms with Crippen LogP contribution in [-0.2, 0) is 4.79 Å². The van der Waals surface area contributed by atoms with Gasteiger partial charge in [-0.05, 0) is 23.6 Å². The van der Waals surface area contributed by atoms with Crippen LogP contribution in [0.1, 0.15) is 38.7 Å². The largest absolute Gasteiger partial charge is 0.299 e. The summed E-state index contributed by atoms with van der Waals surface area (Å²) in [6.45, 7) is 6.06. The van der Waals surface area contributed by atoms with E-state index in [-0.39, 0.29) is 5.92 Å². The van der Waals surface area contributed by atoms with Crippen LogP contribution in [0.2, 0.25) is 5.02 Å². The summed E-state index contributed by atoms with van der Waals surface area (Å²) in [6, 6.07) is 7.57. The third-order valence-electron chi connectivity index (χ3n) is 2.59. The third kappa shape index (κ3) is 3.07. The van der Waals surface area contributed by atoms with Gasteiger partial charge in [-0.2, -0.15) is 0 Å². The van der Waals surface area contributed by atoms with Crippen LogP contribution in [0.4, 0.5) is 0 Å². The molecule has 0 radical (unpaired) electrons. The first-order valence-electron chi connectivity index (χ1n) is 5.34. The van der Waals surface area contributed by atoms with E-state index in [2.05, 4.69) is 13.8 Å². The minimum absolute atomic E-state index is 0.00673. The quantitative estimate of drug-likeness (QED) is 0.754. The van der Waals surface area contributed by atoms with Crippen LogP contribution in [0, 0.1) is 5.92 Å². The molecule has 1 nitrogen and oxygen atoms in total. The minimum Gasteiger partial charge on any atom is -0.299 e. The lowest BCUT2D eigenvalue weighted by molar-refractivity contribution is -0.121. The highest BCUT2D eigenvalue weighted by Crippen LogP contribution is 2.27. The fourth-order valence-corrected chi connectivity index (χ4v) is 1.96. The molecule has 0 aliphatic carbocycles. The van der Waals surface area contributed by atoms with Gasteiger partial charge in [-0.15, -0.1) is 0 Å². The molecule has 82 valence electrons. The molecule has 0 aromatic heterocycles. The van der Waals surface area contributed by atoms with Gasteiger partial charge in [-0.3, -0.25) is 4.79 Å². The Morgan fingerprint density at radius 3 is 2.20 bits per heavy atom. The van der Waals surface area contributed by atoms with Crippen molar-refractivity contribution in [2.45, 2.75) is 33.1 Å². The lowest BCUT2D eigenvalue weighted by atomic mass is 9.84. The van der Waals surface area contributed by atoms with Crippen molar-refractivity contribution in [2.75, 3.05) is 0 Å². The third-order valence-corrected chi connectivity index (χ3v) is 2.84. The molecule has 0 saturated carbocycles. The molecule has 0 heterocycles. The van der Waals surface area contributed by atoms with Gasteiger partial charge in [0.25, 0.3) is 0 Å². The van der Waals surface area contributed by atoms with E-state index >= 15 is 0 Å². The highest BCUT2D eigenvalue weighted by atomic mass is 35.5. The number of hydrogen-bond donors (Lipinski definition) is 0. The van der Waals surface area contributed by atoms with Gasteiger partial charge in [0.2, 0.25) is 0 Å². The van der Waals surface area contributed by atoms with E-state index < -0.39 is 0 Å². The number of benzene rings is 1.